The van der Waals surface area contributed by atoms with Gasteiger partial charge in [0.25, 0.3) is 0 Å². The van der Waals surface area contributed by atoms with Crippen LogP contribution in [0.1, 0.15) is 38.2 Å². The lowest BCUT2D eigenvalue weighted by Gasteiger charge is -2.39. The van der Waals surface area contributed by atoms with Gasteiger partial charge in [0.1, 0.15) is 0 Å². The smallest absolute Gasteiger partial charge is 0.0406 e. The van der Waals surface area contributed by atoms with Crippen molar-refractivity contribution in [1.82, 2.24) is 10.2 Å². The maximum absolute atomic E-state index is 5.95. The minimum absolute atomic E-state index is 0.754. The number of fused-ring (bicyclic) bond motifs is 2. The lowest BCUT2D eigenvalue weighted by Crippen LogP contribution is -2.49. The molecule has 3 heteroatoms. The molecule has 2 heterocycles. The zero-order valence-electron chi connectivity index (χ0n) is 12.3. The van der Waals surface area contributed by atoms with Crippen molar-refractivity contribution in [2.75, 3.05) is 13.1 Å². The molecule has 2 aliphatic heterocycles. The highest BCUT2D eigenvalue weighted by molar-refractivity contribution is 6.30. The number of nitrogens with one attached hydrogen (secondary N) is 1. The molecule has 3 rings (SSSR count). The van der Waals surface area contributed by atoms with Gasteiger partial charge in [0.2, 0.25) is 0 Å². The standard InChI is InChI=1S/C17H25ClN2/c1-2-19-15-11-16-7-8-17(12-15)20(16)10-9-13-3-5-14(18)6-4-13/h3-6,15-17,19H,2,7-12H2,1H3. The van der Waals surface area contributed by atoms with Gasteiger partial charge in [0.15, 0.2) is 0 Å². The molecule has 2 fully saturated rings. The summed E-state index contributed by atoms with van der Waals surface area (Å²) >= 11 is 5.95. The third-order valence-corrected chi connectivity index (χ3v) is 5.20. The van der Waals surface area contributed by atoms with Crippen molar-refractivity contribution in [2.45, 2.75) is 57.2 Å². The average molecular weight is 293 g/mol. The number of rotatable bonds is 5. The molecule has 0 spiro atoms. The van der Waals surface area contributed by atoms with Crippen molar-refractivity contribution >= 4 is 11.6 Å². The molecule has 0 amide bonds. The Labute approximate surface area is 127 Å². The van der Waals surface area contributed by atoms with Gasteiger partial charge in [0, 0.05) is 29.7 Å². The summed E-state index contributed by atoms with van der Waals surface area (Å²) < 4.78 is 0. The van der Waals surface area contributed by atoms with Crippen molar-refractivity contribution in [1.29, 1.82) is 0 Å². The molecule has 0 radical (unpaired) electrons. The molecule has 20 heavy (non-hydrogen) atoms. The zero-order valence-corrected chi connectivity index (χ0v) is 13.1. The third-order valence-electron chi connectivity index (χ3n) is 4.95. The normalized spacial score (nSPS) is 29.8. The number of hydrogen-bond donors (Lipinski definition) is 1. The second kappa shape index (κ2) is 6.46. The van der Waals surface area contributed by atoms with E-state index in [0.29, 0.717) is 0 Å². The summed E-state index contributed by atoms with van der Waals surface area (Å²) in [4.78, 5) is 2.77. The van der Waals surface area contributed by atoms with Gasteiger partial charge in [-0.3, -0.25) is 4.90 Å². The number of hydrogen-bond acceptors (Lipinski definition) is 2. The molecule has 1 aromatic rings. The average Bonchev–Trinajstić information content (AvgIpc) is 2.68. The van der Waals surface area contributed by atoms with Crippen LogP contribution < -0.4 is 5.32 Å². The minimum Gasteiger partial charge on any atom is -0.314 e. The van der Waals surface area contributed by atoms with E-state index in [1.165, 1.54) is 37.8 Å². The first-order valence-electron chi connectivity index (χ1n) is 8.00. The summed E-state index contributed by atoms with van der Waals surface area (Å²) in [6.07, 6.45) is 6.62. The number of piperidine rings is 1. The largest absolute Gasteiger partial charge is 0.314 e. The van der Waals surface area contributed by atoms with Crippen LogP contribution >= 0.6 is 11.6 Å². The van der Waals surface area contributed by atoms with Crippen molar-refractivity contribution in [3.8, 4) is 0 Å². The maximum atomic E-state index is 5.95. The molecule has 2 nitrogen and oxygen atoms in total. The maximum Gasteiger partial charge on any atom is 0.0406 e. The van der Waals surface area contributed by atoms with Crippen LogP contribution in [0.25, 0.3) is 0 Å². The Morgan fingerprint density at radius 2 is 1.80 bits per heavy atom. The van der Waals surface area contributed by atoms with Crippen LogP contribution in [-0.2, 0) is 6.42 Å². The predicted molar refractivity (Wildman–Crippen MR) is 85.4 cm³/mol. The van der Waals surface area contributed by atoms with Crippen LogP contribution in [0, 0.1) is 0 Å². The highest BCUT2D eigenvalue weighted by Gasteiger charge is 2.39. The Balaban J connectivity index is 1.55. The lowest BCUT2D eigenvalue weighted by molar-refractivity contribution is 0.119. The van der Waals surface area contributed by atoms with Gasteiger partial charge in [-0.1, -0.05) is 30.7 Å². The first kappa shape index (κ1) is 14.4. The third kappa shape index (κ3) is 3.19. The number of halogens is 1. The first-order chi connectivity index (χ1) is 9.76. The summed E-state index contributed by atoms with van der Waals surface area (Å²) in [5.74, 6) is 0. The Morgan fingerprint density at radius 3 is 2.40 bits per heavy atom. The monoisotopic (exact) mass is 292 g/mol. The second-order valence-electron chi connectivity index (χ2n) is 6.23. The topological polar surface area (TPSA) is 15.3 Å². The van der Waals surface area contributed by atoms with Gasteiger partial charge in [-0.15, -0.1) is 0 Å². The molecule has 110 valence electrons. The Bertz CT molecular complexity index is 417. The summed E-state index contributed by atoms with van der Waals surface area (Å²) in [5.41, 5.74) is 1.41. The fourth-order valence-electron chi connectivity index (χ4n) is 4.00. The van der Waals surface area contributed by atoms with E-state index in [2.05, 4.69) is 29.3 Å². The molecule has 0 aliphatic carbocycles. The number of nitrogens with zero attached hydrogens (tertiary/aromatic N) is 1. The van der Waals surface area contributed by atoms with Gasteiger partial charge in [-0.05, 0) is 56.3 Å². The molecular weight excluding hydrogens is 268 g/mol. The minimum atomic E-state index is 0.754. The van der Waals surface area contributed by atoms with Crippen molar-refractivity contribution in [2.24, 2.45) is 0 Å². The zero-order chi connectivity index (χ0) is 13.9. The van der Waals surface area contributed by atoms with Crippen LogP contribution in [-0.4, -0.2) is 36.1 Å². The van der Waals surface area contributed by atoms with Crippen LogP contribution in [0.5, 0.6) is 0 Å². The first-order valence-corrected chi connectivity index (χ1v) is 8.37. The van der Waals surface area contributed by atoms with Crippen molar-refractivity contribution < 1.29 is 0 Å². The molecule has 0 saturated carbocycles. The Morgan fingerprint density at radius 1 is 1.15 bits per heavy atom. The molecule has 1 N–H and O–H groups in total. The molecule has 2 aliphatic rings. The molecule has 1 aromatic carbocycles. The van der Waals surface area contributed by atoms with Crippen LogP contribution in [0.15, 0.2) is 24.3 Å². The molecular formula is C17H25ClN2. The predicted octanol–water partition coefficient (Wildman–Crippen LogP) is 3.49. The summed E-state index contributed by atoms with van der Waals surface area (Å²) in [7, 11) is 0. The van der Waals surface area contributed by atoms with Gasteiger partial charge in [0.05, 0.1) is 0 Å². The van der Waals surface area contributed by atoms with E-state index in [1.54, 1.807) is 0 Å². The Kier molecular flexibility index (Phi) is 4.65. The van der Waals surface area contributed by atoms with E-state index in [0.717, 1.165) is 36.1 Å². The van der Waals surface area contributed by atoms with E-state index < -0.39 is 0 Å². The van der Waals surface area contributed by atoms with Crippen molar-refractivity contribution in [3.05, 3.63) is 34.9 Å². The van der Waals surface area contributed by atoms with Gasteiger partial charge >= 0.3 is 0 Å². The summed E-state index contributed by atoms with van der Waals surface area (Å²) in [6, 6.07) is 10.7. The van der Waals surface area contributed by atoms with E-state index in [-0.39, 0.29) is 0 Å². The lowest BCUT2D eigenvalue weighted by atomic mass is 9.96. The SMILES string of the molecule is CCNC1CC2CCC(C1)N2CCc1ccc(Cl)cc1. The second-order valence-corrected chi connectivity index (χ2v) is 6.66. The van der Waals surface area contributed by atoms with Gasteiger partial charge in [-0.25, -0.2) is 0 Å². The molecule has 2 atom stereocenters. The molecule has 2 saturated heterocycles. The number of benzene rings is 1. The van der Waals surface area contributed by atoms with E-state index in [9.17, 15) is 0 Å². The van der Waals surface area contributed by atoms with Crippen LogP contribution in [0.4, 0.5) is 0 Å². The quantitative estimate of drug-likeness (QED) is 0.894. The fraction of sp³-hybridized carbons (Fsp3) is 0.647. The van der Waals surface area contributed by atoms with Gasteiger partial charge < -0.3 is 5.32 Å². The van der Waals surface area contributed by atoms with E-state index in [1.807, 2.05) is 12.1 Å². The molecule has 2 unspecified atom stereocenters. The molecule has 2 bridgehead atoms. The van der Waals surface area contributed by atoms with Crippen LogP contribution in [0.3, 0.4) is 0 Å². The Hall–Kier alpha value is -0.570. The van der Waals surface area contributed by atoms with Crippen LogP contribution in [0.2, 0.25) is 5.02 Å². The highest BCUT2D eigenvalue weighted by Crippen LogP contribution is 2.35. The molecule has 0 aromatic heterocycles. The van der Waals surface area contributed by atoms with Crippen molar-refractivity contribution in [3.63, 3.8) is 0 Å². The van der Waals surface area contributed by atoms with E-state index >= 15 is 0 Å². The van der Waals surface area contributed by atoms with Gasteiger partial charge in [-0.2, -0.15) is 0 Å². The van der Waals surface area contributed by atoms with E-state index in [4.69, 9.17) is 11.6 Å². The highest BCUT2D eigenvalue weighted by atomic mass is 35.5. The summed E-state index contributed by atoms with van der Waals surface area (Å²) in [6.45, 7) is 4.53. The summed E-state index contributed by atoms with van der Waals surface area (Å²) in [5, 5.41) is 4.48. The fourth-order valence-corrected chi connectivity index (χ4v) is 4.13.